The van der Waals surface area contributed by atoms with Crippen molar-refractivity contribution in [3.05, 3.63) is 29.8 Å². The van der Waals surface area contributed by atoms with E-state index in [9.17, 15) is 10.2 Å². The average molecular weight is 408 g/mol. The van der Waals surface area contributed by atoms with E-state index in [1.54, 1.807) is 7.11 Å². The molecule has 2 saturated heterocycles. The van der Waals surface area contributed by atoms with Crippen LogP contribution in [0, 0.1) is 0 Å². The van der Waals surface area contributed by atoms with Crippen LogP contribution >= 0.6 is 0 Å². The number of benzene rings is 1. The van der Waals surface area contributed by atoms with Crippen LogP contribution < -0.4 is 4.74 Å². The molecular formula is C22H37N3O4. The number of piperazine rings is 1. The molecule has 2 fully saturated rings. The van der Waals surface area contributed by atoms with Crippen LogP contribution in [0.25, 0.3) is 0 Å². The molecule has 1 unspecified atom stereocenters. The summed E-state index contributed by atoms with van der Waals surface area (Å²) in [4.78, 5) is 7.12. The predicted octanol–water partition coefficient (Wildman–Crippen LogP) is 0.647. The van der Waals surface area contributed by atoms with Gasteiger partial charge in [-0.2, -0.15) is 0 Å². The molecule has 2 N–H and O–H groups in total. The number of nitrogens with zero attached hydrogens (tertiary/aromatic N) is 3. The maximum Gasteiger partial charge on any atom is 0.119 e. The highest BCUT2D eigenvalue weighted by Gasteiger charge is 2.20. The van der Waals surface area contributed by atoms with E-state index >= 15 is 0 Å². The Morgan fingerprint density at radius 3 is 2.48 bits per heavy atom. The summed E-state index contributed by atoms with van der Waals surface area (Å²) in [7, 11) is 1.75. The Labute approximate surface area is 174 Å². The molecule has 0 bridgehead atoms. The van der Waals surface area contributed by atoms with Gasteiger partial charge in [0.05, 0.1) is 12.7 Å². The molecule has 2 heterocycles. The second kappa shape index (κ2) is 11.8. The summed E-state index contributed by atoms with van der Waals surface area (Å²) in [6.07, 6.45) is 0.872. The normalized spacial score (nSPS) is 21.3. The molecule has 3 rings (SSSR count). The van der Waals surface area contributed by atoms with Crippen molar-refractivity contribution >= 4 is 0 Å². The summed E-state index contributed by atoms with van der Waals surface area (Å²) >= 11 is 0. The Morgan fingerprint density at radius 1 is 1.03 bits per heavy atom. The fraction of sp³-hybridized carbons (Fsp3) is 0.727. The number of likely N-dealkylation sites (tertiary alicyclic amines) is 1. The van der Waals surface area contributed by atoms with Crippen LogP contribution in [0.4, 0.5) is 0 Å². The van der Waals surface area contributed by atoms with Gasteiger partial charge in [-0.05, 0) is 30.5 Å². The third kappa shape index (κ3) is 7.85. The molecule has 0 radical (unpaired) electrons. The summed E-state index contributed by atoms with van der Waals surface area (Å²) < 4.78 is 11.0. The van der Waals surface area contributed by atoms with Gasteiger partial charge in [0.2, 0.25) is 0 Å². The highest BCUT2D eigenvalue weighted by molar-refractivity contribution is 5.28. The first-order valence-electron chi connectivity index (χ1n) is 10.9. The van der Waals surface area contributed by atoms with Gasteiger partial charge in [0.1, 0.15) is 18.5 Å². The monoisotopic (exact) mass is 407 g/mol. The van der Waals surface area contributed by atoms with Crippen molar-refractivity contribution in [3.8, 4) is 5.75 Å². The Bertz CT molecular complexity index is 587. The van der Waals surface area contributed by atoms with Gasteiger partial charge < -0.3 is 24.6 Å². The van der Waals surface area contributed by atoms with Gasteiger partial charge in [0.15, 0.2) is 0 Å². The van der Waals surface area contributed by atoms with Gasteiger partial charge in [0.25, 0.3) is 0 Å². The fourth-order valence-corrected chi connectivity index (χ4v) is 4.03. The minimum Gasteiger partial charge on any atom is -0.491 e. The van der Waals surface area contributed by atoms with Crippen LogP contribution in [0.1, 0.15) is 18.4 Å². The summed E-state index contributed by atoms with van der Waals surface area (Å²) in [5.74, 6) is 0.814. The van der Waals surface area contributed by atoms with Crippen molar-refractivity contribution in [2.24, 2.45) is 0 Å². The summed E-state index contributed by atoms with van der Waals surface area (Å²) in [5, 5.41) is 19.9. The molecule has 2 aliphatic rings. The first kappa shape index (κ1) is 22.5. The van der Waals surface area contributed by atoms with Crippen molar-refractivity contribution in [2.75, 3.05) is 72.7 Å². The largest absolute Gasteiger partial charge is 0.491 e. The van der Waals surface area contributed by atoms with E-state index < -0.39 is 6.10 Å². The van der Waals surface area contributed by atoms with Crippen molar-refractivity contribution in [3.63, 3.8) is 0 Å². The highest BCUT2D eigenvalue weighted by atomic mass is 16.5. The standard InChI is InChI=1S/C22H37N3O4/c1-28-14-13-23-9-11-25(12-10-23)16-19-3-2-4-22(15-19)29-18-21(27)17-24-7-5-20(26)6-8-24/h2-4,15,20-21,26-27H,5-14,16-18H2,1H3. The Hall–Kier alpha value is -1.22. The van der Waals surface area contributed by atoms with Gasteiger partial charge in [-0.25, -0.2) is 0 Å². The first-order chi connectivity index (χ1) is 14.1. The number of piperidine rings is 1. The SMILES string of the molecule is COCCN1CCN(Cc2cccc(OCC(O)CN3CCC(O)CC3)c2)CC1. The van der Waals surface area contributed by atoms with E-state index in [2.05, 4.69) is 26.8 Å². The number of hydrogen-bond acceptors (Lipinski definition) is 7. The second-order valence-corrected chi connectivity index (χ2v) is 8.25. The fourth-order valence-electron chi connectivity index (χ4n) is 4.03. The molecule has 0 aliphatic carbocycles. The van der Waals surface area contributed by atoms with Gasteiger partial charge in [-0.1, -0.05) is 12.1 Å². The van der Waals surface area contributed by atoms with E-state index in [4.69, 9.17) is 9.47 Å². The number of ether oxygens (including phenoxy) is 2. The van der Waals surface area contributed by atoms with E-state index in [0.717, 1.165) is 77.6 Å². The maximum absolute atomic E-state index is 10.3. The zero-order valence-corrected chi connectivity index (χ0v) is 17.7. The zero-order valence-electron chi connectivity index (χ0n) is 17.7. The van der Waals surface area contributed by atoms with Gasteiger partial charge >= 0.3 is 0 Å². The van der Waals surface area contributed by atoms with E-state index in [-0.39, 0.29) is 6.10 Å². The number of aliphatic hydroxyl groups is 2. The predicted molar refractivity (Wildman–Crippen MR) is 113 cm³/mol. The second-order valence-electron chi connectivity index (χ2n) is 8.25. The lowest BCUT2D eigenvalue weighted by atomic mass is 10.1. The topological polar surface area (TPSA) is 68.6 Å². The van der Waals surface area contributed by atoms with Crippen LogP contribution in [0.5, 0.6) is 5.75 Å². The van der Waals surface area contributed by atoms with Crippen LogP contribution in [0.2, 0.25) is 0 Å². The Balaban J connectivity index is 1.38. The molecule has 0 spiro atoms. The van der Waals surface area contributed by atoms with Crippen molar-refractivity contribution in [2.45, 2.75) is 31.6 Å². The quantitative estimate of drug-likeness (QED) is 0.590. The molecule has 7 heteroatoms. The Kier molecular flexibility index (Phi) is 9.17. The summed E-state index contributed by atoms with van der Waals surface area (Å²) in [6, 6.07) is 8.20. The molecule has 2 aliphatic heterocycles. The van der Waals surface area contributed by atoms with Crippen LogP contribution in [-0.2, 0) is 11.3 Å². The van der Waals surface area contributed by atoms with Gasteiger partial charge in [0, 0.05) is 66.0 Å². The molecule has 0 saturated carbocycles. The van der Waals surface area contributed by atoms with Crippen LogP contribution in [-0.4, -0.2) is 110 Å². The lowest BCUT2D eigenvalue weighted by Gasteiger charge is -2.34. The van der Waals surface area contributed by atoms with Gasteiger partial charge in [-0.15, -0.1) is 0 Å². The van der Waals surface area contributed by atoms with E-state index in [1.165, 1.54) is 5.56 Å². The van der Waals surface area contributed by atoms with E-state index in [1.807, 2.05) is 12.1 Å². The average Bonchev–Trinajstić information content (AvgIpc) is 2.74. The molecule has 164 valence electrons. The minimum absolute atomic E-state index is 0.185. The Morgan fingerprint density at radius 2 is 1.76 bits per heavy atom. The molecule has 29 heavy (non-hydrogen) atoms. The summed E-state index contributed by atoms with van der Waals surface area (Å²) in [6.45, 7) is 9.60. The van der Waals surface area contributed by atoms with Crippen LogP contribution in [0.3, 0.4) is 0 Å². The molecule has 0 amide bonds. The van der Waals surface area contributed by atoms with Crippen LogP contribution in [0.15, 0.2) is 24.3 Å². The molecule has 1 aromatic carbocycles. The number of methoxy groups -OCH3 is 1. The third-order valence-corrected chi connectivity index (χ3v) is 5.85. The number of hydrogen-bond donors (Lipinski definition) is 2. The minimum atomic E-state index is -0.519. The maximum atomic E-state index is 10.3. The number of β-amino-alcohol motifs (C(OH)–C–C–N with tert-alkyl or cyclic N) is 1. The lowest BCUT2D eigenvalue weighted by molar-refractivity contribution is 0.0337. The molecule has 1 atom stereocenters. The molecular weight excluding hydrogens is 370 g/mol. The molecule has 1 aromatic rings. The zero-order chi connectivity index (χ0) is 20.5. The van der Waals surface area contributed by atoms with Crippen molar-refractivity contribution in [1.29, 1.82) is 0 Å². The third-order valence-electron chi connectivity index (χ3n) is 5.85. The number of rotatable bonds is 10. The van der Waals surface area contributed by atoms with Gasteiger partial charge in [-0.3, -0.25) is 9.80 Å². The molecule has 0 aromatic heterocycles. The first-order valence-corrected chi connectivity index (χ1v) is 10.9. The lowest BCUT2D eigenvalue weighted by Crippen LogP contribution is -2.46. The van der Waals surface area contributed by atoms with Crippen molar-refractivity contribution < 1.29 is 19.7 Å². The molecule has 7 nitrogen and oxygen atoms in total. The smallest absolute Gasteiger partial charge is 0.119 e. The summed E-state index contributed by atoms with van der Waals surface area (Å²) in [5.41, 5.74) is 1.24. The highest BCUT2D eigenvalue weighted by Crippen LogP contribution is 2.17. The van der Waals surface area contributed by atoms with E-state index in [0.29, 0.717) is 13.2 Å². The number of aliphatic hydroxyl groups excluding tert-OH is 2. The van der Waals surface area contributed by atoms with Crippen molar-refractivity contribution in [1.82, 2.24) is 14.7 Å².